The smallest absolute Gasteiger partial charge is 0.313 e. The molecule has 2 aromatic rings. The summed E-state index contributed by atoms with van der Waals surface area (Å²) in [5.41, 5.74) is 3.07. The van der Waals surface area contributed by atoms with Gasteiger partial charge in [0.1, 0.15) is 10.9 Å². The van der Waals surface area contributed by atoms with Crippen molar-refractivity contribution in [1.82, 2.24) is 4.98 Å². The lowest BCUT2D eigenvalue weighted by Crippen LogP contribution is -2.09. The zero-order valence-electron chi connectivity index (χ0n) is 10.4. The summed E-state index contributed by atoms with van der Waals surface area (Å²) in [6.45, 7) is 3.90. The van der Waals surface area contributed by atoms with Crippen LogP contribution in [0.5, 0.6) is 0 Å². The number of hydrogen-bond acceptors (Lipinski definition) is 3. The maximum atomic E-state index is 11.1. The van der Waals surface area contributed by atoms with Gasteiger partial charge in [-0.05, 0) is 19.4 Å². The highest BCUT2D eigenvalue weighted by Gasteiger charge is 2.21. The first-order valence-corrected chi connectivity index (χ1v) is 6.75. The van der Waals surface area contributed by atoms with Gasteiger partial charge < -0.3 is 5.11 Å². The van der Waals surface area contributed by atoms with E-state index in [0.717, 1.165) is 11.3 Å². The first-order valence-electron chi connectivity index (χ1n) is 5.87. The van der Waals surface area contributed by atoms with Crippen molar-refractivity contribution in [1.29, 1.82) is 0 Å². The average molecular weight is 261 g/mol. The standard InChI is InChI=1S/C14H15NO2S/c1-3-11(14(16)17)13-15-12(8-18-13)10-6-4-5-9(2)7-10/h4-8,11H,3H2,1-2H3,(H,16,17). The number of carboxylic acid groups (broad SMARTS) is 1. The van der Waals surface area contributed by atoms with E-state index in [1.165, 1.54) is 16.9 Å². The van der Waals surface area contributed by atoms with Gasteiger partial charge in [0.25, 0.3) is 0 Å². The number of aromatic nitrogens is 1. The Morgan fingerprint density at radius 2 is 2.28 bits per heavy atom. The molecular formula is C14H15NO2S. The van der Waals surface area contributed by atoms with Crippen LogP contribution in [0.15, 0.2) is 29.6 Å². The van der Waals surface area contributed by atoms with E-state index in [9.17, 15) is 4.79 Å². The topological polar surface area (TPSA) is 50.2 Å². The molecule has 0 saturated carbocycles. The summed E-state index contributed by atoms with van der Waals surface area (Å²) in [5, 5.41) is 11.7. The van der Waals surface area contributed by atoms with E-state index in [4.69, 9.17) is 5.11 Å². The van der Waals surface area contributed by atoms with Crippen molar-refractivity contribution in [3.63, 3.8) is 0 Å². The minimum Gasteiger partial charge on any atom is -0.481 e. The Morgan fingerprint density at radius 1 is 1.50 bits per heavy atom. The van der Waals surface area contributed by atoms with E-state index in [1.54, 1.807) is 0 Å². The molecule has 18 heavy (non-hydrogen) atoms. The van der Waals surface area contributed by atoms with E-state index in [0.29, 0.717) is 11.4 Å². The van der Waals surface area contributed by atoms with E-state index in [1.807, 2.05) is 37.4 Å². The van der Waals surface area contributed by atoms with E-state index < -0.39 is 11.9 Å². The maximum absolute atomic E-state index is 11.1. The predicted molar refractivity (Wildman–Crippen MR) is 73.0 cm³/mol. The molecule has 1 heterocycles. The van der Waals surface area contributed by atoms with Crippen molar-refractivity contribution >= 4 is 17.3 Å². The van der Waals surface area contributed by atoms with Crippen LogP contribution in [-0.2, 0) is 4.79 Å². The molecule has 1 N–H and O–H groups in total. The molecule has 0 aliphatic carbocycles. The lowest BCUT2D eigenvalue weighted by atomic mass is 10.1. The molecular weight excluding hydrogens is 246 g/mol. The molecule has 1 aromatic heterocycles. The Bertz CT molecular complexity index is 562. The molecule has 1 aromatic carbocycles. The predicted octanol–water partition coefficient (Wildman–Crippen LogP) is 3.70. The molecule has 0 fully saturated rings. The van der Waals surface area contributed by atoms with Gasteiger partial charge in [0.2, 0.25) is 0 Å². The molecule has 4 heteroatoms. The fourth-order valence-corrected chi connectivity index (χ4v) is 2.84. The van der Waals surface area contributed by atoms with Gasteiger partial charge in [-0.3, -0.25) is 4.79 Å². The molecule has 0 saturated heterocycles. The quantitative estimate of drug-likeness (QED) is 0.913. The molecule has 94 valence electrons. The number of thiazole rings is 1. The number of benzene rings is 1. The monoisotopic (exact) mass is 261 g/mol. The Balaban J connectivity index is 2.33. The number of carbonyl (C=O) groups is 1. The second kappa shape index (κ2) is 5.31. The summed E-state index contributed by atoms with van der Waals surface area (Å²) in [7, 11) is 0. The highest BCUT2D eigenvalue weighted by atomic mass is 32.1. The summed E-state index contributed by atoms with van der Waals surface area (Å²) >= 11 is 1.42. The fraction of sp³-hybridized carbons (Fsp3) is 0.286. The molecule has 0 spiro atoms. The van der Waals surface area contributed by atoms with Crippen LogP contribution >= 0.6 is 11.3 Å². The maximum Gasteiger partial charge on any atom is 0.313 e. The molecule has 1 atom stereocenters. The molecule has 3 nitrogen and oxygen atoms in total. The van der Waals surface area contributed by atoms with Crippen LogP contribution in [-0.4, -0.2) is 16.1 Å². The lowest BCUT2D eigenvalue weighted by molar-refractivity contribution is -0.138. The summed E-state index contributed by atoms with van der Waals surface area (Å²) < 4.78 is 0. The molecule has 0 radical (unpaired) electrons. The summed E-state index contributed by atoms with van der Waals surface area (Å²) in [5.74, 6) is -1.30. The summed E-state index contributed by atoms with van der Waals surface area (Å²) in [4.78, 5) is 15.5. The lowest BCUT2D eigenvalue weighted by Gasteiger charge is -2.04. The molecule has 0 aliphatic heterocycles. The Morgan fingerprint density at radius 3 is 2.89 bits per heavy atom. The van der Waals surface area contributed by atoms with Crippen molar-refractivity contribution in [2.45, 2.75) is 26.2 Å². The zero-order valence-corrected chi connectivity index (χ0v) is 11.2. The number of aryl methyl sites for hydroxylation is 1. The van der Waals surface area contributed by atoms with Crippen LogP contribution in [0, 0.1) is 6.92 Å². The number of rotatable bonds is 4. The Kier molecular flexibility index (Phi) is 3.77. The van der Waals surface area contributed by atoms with Crippen molar-refractivity contribution in [2.75, 3.05) is 0 Å². The van der Waals surface area contributed by atoms with E-state index in [-0.39, 0.29) is 0 Å². The second-order valence-electron chi connectivity index (χ2n) is 4.24. The van der Waals surface area contributed by atoms with Gasteiger partial charge in [0.15, 0.2) is 0 Å². The van der Waals surface area contributed by atoms with Gasteiger partial charge in [0, 0.05) is 10.9 Å². The molecule has 0 bridgehead atoms. The fourth-order valence-electron chi connectivity index (χ4n) is 1.84. The highest BCUT2D eigenvalue weighted by molar-refractivity contribution is 7.10. The normalized spacial score (nSPS) is 12.3. The van der Waals surface area contributed by atoms with Crippen LogP contribution in [0.2, 0.25) is 0 Å². The van der Waals surface area contributed by atoms with Crippen LogP contribution in [0.4, 0.5) is 0 Å². The third-order valence-corrected chi connectivity index (χ3v) is 3.80. The van der Waals surface area contributed by atoms with Gasteiger partial charge in [-0.2, -0.15) is 0 Å². The largest absolute Gasteiger partial charge is 0.481 e. The number of carboxylic acids is 1. The number of aliphatic carboxylic acids is 1. The van der Waals surface area contributed by atoms with Crippen molar-refractivity contribution in [3.05, 3.63) is 40.2 Å². The summed E-state index contributed by atoms with van der Waals surface area (Å²) in [6.07, 6.45) is 0.566. The number of nitrogens with zero attached hydrogens (tertiary/aromatic N) is 1. The van der Waals surface area contributed by atoms with Gasteiger partial charge in [-0.15, -0.1) is 11.3 Å². The van der Waals surface area contributed by atoms with Crippen molar-refractivity contribution < 1.29 is 9.90 Å². The molecule has 2 rings (SSSR count). The van der Waals surface area contributed by atoms with Crippen molar-refractivity contribution in [3.8, 4) is 11.3 Å². The minimum absolute atomic E-state index is 0.492. The van der Waals surface area contributed by atoms with Gasteiger partial charge >= 0.3 is 5.97 Å². The van der Waals surface area contributed by atoms with E-state index >= 15 is 0 Å². The first kappa shape index (κ1) is 12.8. The SMILES string of the molecule is CCC(C(=O)O)c1nc(-c2cccc(C)c2)cs1. The highest BCUT2D eigenvalue weighted by Crippen LogP contribution is 2.28. The van der Waals surface area contributed by atoms with Gasteiger partial charge in [-0.1, -0.05) is 30.7 Å². The van der Waals surface area contributed by atoms with E-state index in [2.05, 4.69) is 11.1 Å². The van der Waals surface area contributed by atoms with Crippen LogP contribution in [0.25, 0.3) is 11.3 Å². The van der Waals surface area contributed by atoms with Gasteiger partial charge in [-0.25, -0.2) is 4.98 Å². The average Bonchev–Trinajstić information content (AvgIpc) is 2.79. The minimum atomic E-state index is -0.803. The summed E-state index contributed by atoms with van der Waals surface area (Å²) in [6, 6.07) is 8.06. The zero-order chi connectivity index (χ0) is 13.1. The van der Waals surface area contributed by atoms with Crippen LogP contribution in [0.1, 0.15) is 29.8 Å². The molecule has 0 aliphatic rings. The second-order valence-corrected chi connectivity index (χ2v) is 5.13. The Labute approximate surface area is 110 Å². The van der Waals surface area contributed by atoms with Crippen molar-refractivity contribution in [2.24, 2.45) is 0 Å². The van der Waals surface area contributed by atoms with Gasteiger partial charge in [0.05, 0.1) is 5.69 Å². The van der Waals surface area contributed by atoms with Crippen LogP contribution < -0.4 is 0 Å². The Hall–Kier alpha value is -1.68. The van der Waals surface area contributed by atoms with Crippen LogP contribution in [0.3, 0.4) is 0 Å². The first-order chi connectivity index (χ1) is 8.61. The molecule has 1 unspecified atom stereocenters. The number of hydrogen-bond donors (Lipinski definition) is 1. The third-order valence-electron chi connectivity index (χ3n) is 2.84. The third kappa shape index (κ3) is 2.59. The molecule has 0 amide bonds.